The molecule has 5 heteroatoms. The van der Waals surface area contributed by atoms with E-state index in [9.17, 15) is 4.79 Å². The average molecular weight is 198 g/mol. The summed E-state index contributed by atoms with van der Waals surface area (Å²) >= 11 is 11.4. The number of hydrogen-bond donors (Lipinski definition) is 1. The highest BCUT2D eigenvalue weighted by molar-refractivity contribution is 7.44. The second-order valence-corrected chi connectivity index (χ2v) is 8.57. The van der Waals surface area contributed by atoms with Crippen LogP contribution >= 0.6 is 22.2 Å². The number of hydrogen-bond acceptors (Lipinski definition) is 1. The van der Waals surface area contributed by atoms with Crippen molar-refractivity contribution in [1.82, 2.24) is 4.98 Å². The molecule has 0 saturated carbocycles. The molecule has 10 heavy (non-hydrogen) atoms. The van der Waals surface area contributed by atoms with E-state index in [0.29, 0.717) is 6.04 Å². The first-order valence-corrected chi connectivity index (χ1v) is 7.07. The summed E-state index contributed by atoms with van der Waals surface area (Å²) in [6.07, 6.45) is 1.15. The molecule has 2 nitrogen and oxygen atoms in total. The lowest BCUT2D eigenvalue weighted by molar-refractivity contribution is -0.115. The number of halogens is 2. The van der Waals surface area contributed by atoms with Crippen molar-refractivity contribution in [1.29, 1.82) is 0 Å². The molecule has 58 valence electrons. The van der Waals surface area contributed by atoms with Crippen molar-refractivity contribution in [3.63, 3.8) is 0 Å². The van der Waals surface area contributed by atoms with Crippen molar-refractivity contribution in [2.45, 2.75) is 13.0 Å². The van der Waals surface area contributed by atoms with Crippen LogP contribution in [0.25, 0.3) is 0 Å². The van der Waals surface area contributed by atoms with Crippen LogP contribution in [-0.4, -0.2) is 12.8 Å². The van der Waals surface area contributed by atoms with Gasteiger partial charge in [0.15, 0.2) is 0 Å². The van der Waals surface area contributed by atoms with E-state index < -0.39 is 6.86 Å². The van der Waals surface area contributed by atoms with Crippen molar-refractivity contribution in [3.8, 4) is 0 Å². The topological polar surface area (TPSA) is 29.1 Å². The third kappa shape index (κ3) is 3.93. The molecule has 0 aromatic rings. The van der Waals surface area contributed by atoms with E-state index in [1.807, 2.05) is 6.92 Å². The van der Waals surface area contributed by atoms with Gasteiger partial charge in [-0.2, -0.15) is 0 Å². The summed E-state index contributed by atoms with van der Waals surface area (Å²) in [5.41, 5.74) is 0. The molecule has 0 aliphatic carbocycles. The monoisotopic (exact) mass is 197 g/mol. The Kier molecular flexibility index (Phi) is 4.01. The largest absolute Gasteiger partial charge is 0.354 e. The highest BCUT2D eigenvalue weighted by Gasteiger charge is 2.27. The fourth-order valence-corrected chi connectivity index (χ4v) is 1.52. The second-order valence-electron chi connectivity index (χ2n) is 1.75. The molecule has 0 heterocycles. The molecule has 0 spiro atoms. The van der Waals surface area contributed by atoms with Gasteiger partial charge >= 0.3 is 6.86 Å². The maximum atomic E-state index is 10.6. The van der Waals surface area contributed by atoms with E-state index in [0.717, 1.165) is 6.08 Å². The first kappa shape index (κ1) is 10.0. The summed E-state index contributed by atoms with van der Waals surface area (Å²) in [4.78, 5) is 13.1. The van der Waals surface area contributed by atoms with Gasteiger partial charge in [0.05, 0.1) is 0 Å². The Labute approximate surface area is 70.7 Å². The minimum atomic E-state index is -2.49. The average Bonchev–Trinajstić information content (AvgIpc) is 1.87. The molecule has 0 fully saturated rings. The molecule has 0 unspecified atom stereocenters. The Morgan fingerprint density at radius 2 is 2.30 bits per heavy atom. The minimum Gasteiger partial charge on any atom is -0.354 e. The van der Waals surface area contributed by atoms with E-state index in [-0.39, 0.29) is 5.91 Å². The van der Waals surface area contributed by atoms with Crippen LogP contribution in [0.5, 0.6) is 0 Å². The highest BCUT2D eigenvalue weighted by Crippen LogP contribution is 2.15. The molecule has 1 N–H and O–H groups in total. The SMILES string of the molecule is C=CC(=O)N[Si](Cl)(Cl)CC. The number of rotatable bonds is 3. The van der Waals surface area contributed by atoms with E-state index in [1.165, 1.54) is 0 Å². The van der Waals surface area contributed by atoms with Crippen molar-refractivity contribution >= 4 is 34.9 Å². The zero-order valence-corrected chi connectivity index (χ0v) is 8.17. The molecule has 0 aromatic carbocycles. The lowest BCUT2D eigenvalue weighted by atomic mass is 10.6. The first-order chi connectivity index (χ1) is 4.52. The van der Waals surface area contributed by atoms with Crippen LogP contribution < -0.4 is 4.98 Å². The summed E-state index contributed by atoms with van der Waals surface area (Å²) < 4.78 is 0. The molecule has 0 aliphatic heterocycles. The number of amides is 1. The van der Waals surface area contributed by atoms with Gasteiger partial charge in [-0.15, -0.1) is 22.2 Å². The summed E-state index contributed by atoms with van der Waals surface area (Å²) in [7, 11) is 0. The lowest BCUT2D eigenvalue weighted by Gasteiger charge is -2.13. The Morgan fingerprint density at radius 1 is 1.80 bits per heavy atom. The predicted octanol–water partition coefficient (Wildman–Crippen LogP) is 1.72. The van der Waals surface area contributed by atoms with Crippen LogP contribution in [0.1, 0.15) is 6.92 Å². The van der Waals surface area contributed by atoms with Gasteiger partial charge in [0.25, 0.3) is 0 Å². The highest BCUT2D eigenvalue weighted by atomic mass is 35.7. The van der Waals surface area contributed by atoms with Gasteiger partial charge in [-0.05, 0) is 12.1 Å². The van der Waals surface area contributed by atoms with E-state index in [4.69, 9.17) is 22.2 Å². The zero-order chi connectivity index (χ0) is 8.20. The Hall–Kier alpha value is 0.00688. The Morgan fingerprint density at radius 3 is 2.60 bits per heavy atom. The molecule has 0 rings (SSSR count). The Balaban J connectivity index is 3.87. The summed E-state index contributed by atoms with van der Waals surface area (Å²) in [5.74, 6) is -0.307. The zero-order valence-electron chi connectivity index (χ0n) is 5.66. The van der Waals surface area contributed by atoms with Crippen LogP contribution in [0, 0.1) is 0 Å². The molecule has 0 radical (unpaired) electrons. The van der Waals surface area contributed by atoms with Crippen LogP contribution in [0.2, 0.25) is 6.04 Å². The molecule has 0 bridgehead atoms. The van der Waals surface area contributed by atoms with Crippen molar-refractivity contribution < 1.29 is 4.79 Å². The molecule has 0 aliphatic rings. The lowest BCUT2D eigenvalue weighted by Crippen LogP contribution is -2.42. The summed E-state index contributed by atoms with van der Waals surface area (Å²) in [6.45, 7) is 2.61. The van der Waals surface area contributed by atoms with Crippen LogP contribution in [0.4, 0.5) is 0 Å². The van der Waals surface area contributed by atoms with Gasteiger partial charge in [0.1, 0.15) is 0 Å². The van der Waals surface area contributed by atoms with Crippen LogP contribution in [-0.2, 0) is 4.79 Å². The third-order valence-electron chi connectivity index (χ3n) is 0.936. The maximum absolute atomic E-state index is 10.6. The van der Waals surface area contributed by atoms with E-state index >= 15 is 0 Å². The minimum absolute atomic E-state index is 0.307. The third-order valence-corrected chi connectivity index (χ3v) is 4.61. The number of nitrogens with one attached hydrogen (secondary N) is 1. The van der Waals surface area contributed by atoms with Gasteiger partial charge in [-0.1, -0.05) is 13.5 Å². The van der Waals surface area contributed by atoms with Gasteiger partial charge < -0.3 is 4.98 Å². The quantitative estimate of drug-likeness (QED) is 0.417. The smallest absolute Gasteiger partial charge is 0.352 e. The first-order valence-electron chi connectivity index (χ1n) is 2.84. The Bertz CT molecular complexity index is 149. The molecular formula is C5H9Cl2NOSi. The second kappa shape index (κ2) is 4.01. The van der Waals surface area contributed by atoms with Crippen LogP contribution in [0.3, 0.4) is 0 Å². The van der Waals surface area contributed by atoms with Gasteiger partial charge in [-0.3, -0.25) is 4.79 Å². The van der Waals surface area contributed by atoms with Gasteiger partial charge in [0, 0.05) is 0 Å². The molecular weight excluding hydrogens is 189 g/mol. The van der Waals surface area contributed by atoms with Crippen molar-refractivity contribution in [2.24, 2.45) is 0 Å². The number of carbonyl (C=O) groups excluding carboxylic acids is 1. The summed E-state index contributed by atoms with van der Waals surface area (Å²) in [6, 6.07) is 0.593. The van der Waals surface area contributed by atoms with E-state index in [2.05, 4.69) is 11.6 Å². The van der Waals surface area contributed by atoms with E-state index in [1.54, 1.807) is 0 Å². The van der Waals surface area contributed by atoms with Crippen LogP contribution in [0.15, 0.2) is 12.7 Å². The fourth-order valence-electron chi connectivity index (χ4n) is 0.320. The van der Waals surface area contributed by atoms with Gasteiger partial charge in [0.2, 0.25) is 5.91 Å². The normalized spacial score (nSPS) is 10.7. The molecule has 0 saturated heterocycles. The maximum Gasteiger partial charge on any atom is 0.352 e. The molecule has 0 aromatic heterocycles. The predicted molar refractivity (Wildman–Crippen MR) is 46.3 cm³/mol. The van der Waals surface area contributed by atoms with Gasteiger partial charge in [-0.25, -0.2) is 0 Å². The molecule has 1 amide bonds. The standard InChI is InChI=1S/C5H9Cl2NOSi/c1-3-5(9)8-10(6,7)4-2/h3H,1,4H2,2H3,(H,8,9). The van der Waals surface area contributed by atoms with Crippen molar-refractivity contribution in [3.05, 3.63) is 12.7 Å². The fraction of sp³-hybridized carbons (Fsp3) is 0.400. The summed E-state index contributed by atoms with van der Waals surface area (Å²) in [5, 5.41) is 0. The van der Waals surface area contributed by atoms with Crippen molar-refractivity contribution in [2.75, 3.05) is 0 Å². The molecule has 0 atom stereocenters. The number of carbonyl (C=O) groups is 1.